The Kier molecular flexibility index (Phi) is 5.33. The molecular weight excluding hydrogens is 270 g/mol. The van der Waals surface area contributed by atoms with Gasteiger partial charge in [-0.1, -0.05) is 30.3 Å². The molecule has 1 aromatic rings. The van der Waals surface area contributed by atoms with E-state index in [9.17, 15) is 14.7 Å². The topological polar surface area (TPSA) is 75.6 Å². The molecule has 0 heterocycles. The zero-order chi connectivity index (χ0) is 15.2. The number of carbonyl (C=O) groups is 2. The predicted octanol–water partition coefficient (Wildman–Crippen LogP) is 1.22. The van der Waals surface area contributed by atoms with Gasteiger partial charge >= 0.3 is 5.97 Å². The summed E-state index contributed by atoms with van der Waals surface area (Å²) in [4.78, 5) is 22.7. The van der Waals surface area contributed by atoms with Crippen molar-refractivity contribution in [1.29, 1.82) is 0 Å². The molecule has 0 spiro atoms. The maximum atomic E-state index is 11.7. The van der Waals surface area contributed by atoms with Crippen LogP contribution < -0.4 is 5.32 Å². The molecule has 1 aliphatic carbocycles. The molecule has 114 valence electrons. The molecule has 0 saturated heterocycles. The summed E-state index contributed by atoms with van der Waals surface area (Å²) in [6, 6.07) is 10.3. The Morgan fingerprint density at radius 3 is 2.62 bits per heavy atom. The molecule has 2 N–H and O–H groups in total. The number of carbonyl (C=O) groups excluding carboxylic acids is 2. The number of methoxy groups -OCH3 is 1. The summed E-state index contributed by atoms with van der Waals surface area (Å²) in [6.07, 6.45) is 1.17. The molecule has 1 saturated carbocycles. The van der Waals surface area contributed by atoms with Crippen LogP contribution in [0.15, 0.2) is 30.3 Å². The molecule has 1 amide bonds. The molecule has 1 fully saturated rings. The third-order valence-corrected chi connectivity index (χ3v) is 3.95. The molecule has 1 aromatic carbocycles. The van der Waals surface area contributed by atoms with E-state index < -0.39 is 12.1 Å². The first-order chi connectivity index (χ1) is 10.1. The van der Waals surface area contributed by atoms with Crippen LogP contribution in [0.1, 0.15) is 30.7 Å². The lowest BCUT2D eigenvalue weighted by atomic mass is 9.70. The van der Waals surface area contributed by atoms with Gasteiger partial charge < -0.3 is 15.2 Å². The number of hydrogen-bond acceptors (Lipinski definition) is 4. The van der Waals surface area contributed by atoms with Gasteiger partial charge in [0.2, 0.25) is 5.91 Å². The van der Waals surface area contributed by atoms with Crippen molar-refractivity contribution in [2.24, 2.45) is 5.92 Å². The van der Waals surface area contributed by atoms with Gasteiger partial charge in [-0.15, -0.1) is 0 Å². The van der Waals surface area contributed by atoms with Crippen LogP contribution in [0.2, 0.25) is 0 Å². The Labute approximate surface area is 124 Å². The maximum absolute atomic E-state index is 11.7. The molecule has 1 aliphatic rings. The molecule has 0 aliphatic heterocycles. The summed E-state index contributed by atoms with van der Waals surface area (Å²) >= 11 is 0. The van der Waals surface area contributed by atoms with Gasteiger partial charge in [0, 0.05) is 6.42 Å². The minimum atomic E-state index is -1.29. The zero-order valence-corrected chi connectivity index (χ0v) is 12.1. The number of benzene rings is 1. The standard InChI is InChI=1S/C16H21NO4/c1-21-16(20)14(18)10-17-15(19)9-11-7-13(8-11)12-5-3-2-4-6-12/h2-6,11,13-14,18H,7-10H2,1H3,(H,17,19). The average Bonchev–Trinajstić information content (AvgIpc) is 2.48. The van der Waals surface area contributed by atoms with Crippen molar-refractivity contribution in [1.82, 2.24) is 5.32 Å². The molecule has 1 unspecified atom stereocenters. The predicted molar refractivity (Wildman–Crippen MR) is 77.6 cm³/mol. The number of aliphatic hydroxyl groups excluding tert-OH is 1. The van der Waals surface area contributed by atoms with Gasteiger partial charge in [0.25, 0.3) is 0 Å². The van der Waals surface area contributed by atoms with Crippen molar-refractivity contribution in [3.63, 3.8) is 0 Å². The number of amides is 1. The van der Waals surface area contributed by atoms with Gasteiger partial charge in [-0.2, -0.15) is 0 Å². The van der Waals surface area contributed by atoms with Gasteiger partial charge in [0.1, 0.15) is 0 Å². The normalized spacial score (nSPS) is 22.0. The van der Waals surface area contributed by atoms with E-state index in [1.165, 1.54) is 12.7 Å². The van der Waals surface area contributed by atoms with Crippen molar-refractivity contribution in [2.75, 3.05) is 13.7 Å². The minimum absolute atomic E-state index is 0.0969. The van der Waals surface area contributed by atoms with Crippen LogP contribution in [0.25, 0.3) is 0 Å². The molecule has 0 radical (unpaired) electrons. The fraction of sp³-hybridized carbons (Fsp3) is 0.500. The molecule has 1 atom stereocenters. The van der Waals surface area contributed by atoms with Crippen LogP contribution in [0.3, 0.4) is 0 Å². The van der Waals surface area contributed by atoms with E-state index in [0.717, 1.165) is 12.8 Å². The summed E-state index contributed by atoms with van der Waals surface area (Å²) in [6.45, 7) is -0.0969. The van der Waals surface area contributed by atoms with Gasteiger partial charge in [-0.05, 0) is 30.2 Å². The summed E-state index contributed by atoms with van der Waals surface area (Å²) in [5, 5.41) is 11.9. The van der Waals surface area contributed by atoms with Crippen LogP contribution in [0.4, 0.5) is 0 Å². The number of aliphatic hydroxyl groups is 1. The van der Waals surface area contributed by atoms with E-state index in [2.05, 4.69) is 22.2 Å². The number of nitrogens with one attached hydrogen (secondary N) is 1. The van der Waals surface area contributed by atoms with E-state index in [1.807, 2.05) is 18.2 Å². The van der Waals surface area contributed by atoms with E-state index in [4.69, 9.17) is 0 Å². The first-order valence-electron chi connectivity index (χ1n) is 7.17. The van der Waals surface area contributed by atoms with E-state index >= 15 is 0 Å². The summed E-state index contributed by atoms with van der Waals surface area (Å²) in [5.74, 6) is 0.0627. The summed E-state index contributed by atoms with van der Waals surface area (Å²) < 4.78 is 4.38. The maximum Gasteiger partial charge on any atom is 0.336 e. The van der Waals surface area contributed by atoms with Crippen molar-refractivity contribution in [3.8, 4) is 0 Å². The Balaban J connectivity index is 1.66. The highest BCUT2D eigenvalue weighted by Gasteiger charge is 2.31. The third-order valence-electron chi connectivity index (χ3n) is 3.95. The second-order valence-electron chi connectivity index (χ2n) is 5.49. The van der Waals surface area contributed by atoms with Crippen molar-refractivity contribution >= 4 is 11.9 Å². The Bertz CT molecular complexity index is 482. The third kappa shape index (κ3) is 4.29. The van der Waals surface area contributed by atoms with Crippen LogP contribution in [-0.2, 0) is 14.3 Å². The van der Waals surface area contributed by atoms with E-state index in [-0.39, 0.29) is 12.5 Å². The average molecular weight is 291 g/mol. The van der Waals surface area contributed by atoms with Crippen LogP contribution in [0, 0.1) is 5.92 Å². The zero-order valence-electron chi connectivity index (χ0n) is 12.1. The lowest BCUT2D eigenvalue weighted by molar-refractivity contribution is -0.150. The highest BCUT2D eigenvalue weighted by atomic mass is 16.5. The smallest absolute Gasteiger partial charge is 0.336 e. The lowest BCUT2D eigenvalue weighted by Gasteiger charge is -2.35. The number of ether oxygens (including phenoxy) is 1. The Hall–Kier alpha value is -1.88. The largest absolute Gasteiger partial charge is 0.467 e. The van der Waals surface area contributed by atoms with Crippen LogP contribution in [-0.4, -0.2) is 36.7 Å². The second kappa shape index (κ2) is 7.22. The van der Waals surface area contributed by atoms with Gasteiger partial charge in [-0.25, -0.2) is 4.79 Å². The monoisotopic (exact) mass is 291 g/mol. The first-order valence-corrected chi connectivity index (χ1v) is 7.17. The quantitative estimate of drug-likeness (QED) is 0.773. The van der Waals surface area contributed by atoms with Crippen LogP contribution >= 0.6 is 0 Å². The van der Waals surface area contributed by atoms with Crippen LogP contribution in [0.5, 0.6) is 0 Å². The molecular formula is C16H21NO4. The summed E-state index contributed by atoms with van der Waals surface area (Å²) in [5.41, 5.74) is 1.33. The fourth-order valence-electron chi connectivity index (χ4n) is 2.66. The highest BCUT2D eigenvalue weighted by Crippen LogP contribution is 2.43. The van der Waals surface area contributed by atoms with Crippen molar-refractivity contribution in [2.45, 2.75) is 31.3 Å². The minimum Gasteiger partial charge on any atom is -0.467 e. The Morgan fingerprint density at radius 2 is 2.00 bits per heavy atom. The van der Waals surface area contributed by atoms with Crippen molar-refractivity contribution < 1.29 is 19.4 Å². The molecule has 0 bridgehead atoms. The fourth-order valence-corrected chi connectivity index (χ4v) is 2.66. The first kappa shape index (κ1) is 15.5. The molecule has 5 heteroatoms. The van der Waals surface area contributed by atoms with Crippen molar-refractivity contribution in [3.05, 3.63) is 35.9 Å². The lowest BCUT2D eigenvalue weighted by Crippen LogP contribution is -2.38. The van der Waals surface area contributed by atoms with Gasteiger partial charge in [0.15, 0.2) is 6.10 Å². The van der Waals surface area contributed by atoms with E-state index in [0.29, 0.717) is 18.3 Å². The Morgan fingerprint density at radius 1 is 1.33 bits per heavy atom. The molecule has 2 rings (SSSR count). The SMILES string of the molecule is COC(=O)C(O)CNC(=O)CC1CC(c2ccccc2)C1. The summed E-state index contributed by atoms with van der Waals surface area (Å²) in [7, 11) is 1.20. The molecule has 0 aromatic heterocycles. The van der Waals surface area contributed by atoms with E-state index in [1.54, 1.807) is 0 Å². The van der Waals surface area contributed by atoms with Gasteiger partial charge in [0.05, 0.1) is 13.7 Å². The number of hydrogen-bond donors (Lipinski definition) is 2. The number of rotatable bonds is 6. The molecule has 21 heavy (non-hydrogen) atoms. The van der Waals surface area contributed by atoms with Gasteiger partial charge in [-0.3, -0.25) is 4.79 Å². The second-order valence-corrected chi connectivity index (χ2v) is 5.49. The number of esters is 1. The molecule has 5 nitrogen and oxygen atoms in total. The highest BCUT2D eigenvalue weighted by molar-refractivity contribution is 5.78.